The van der Waals surface area contributed by atoms with E-state index in [1.165, 1.54) is 40.4 Å². The predicted octanol–water partition coefficient (Wildman–Crippen LogP) is 8.21. The van der Waals surface area contributed by atoms with Crippen molar-refractivity contribution in [3.63, 3.8) is 0 Å². The van der Waals surface area contributed by atoms with Crippen LogP contribution in [0.1, 0.15) is 53.1 Å². The molecule has 1 unspecified atom stereocenters. The molecule has 0 spiro atoms. The Bertz CT molecular complexity index is 1200. The van der Waals surface area contributed by atoms with Crippen molar-refractivity contribution >= 4 is 14.0 Å². The largest absolute Gasteiger partial charge is 0.349 e. The van der Waals surface area contributed by atoms with E-state index in [1.54, 1.807) is 0 Å². The van der Waals surface area contributed by atoms with E-state index in [1.807, 2.05) is 6.07 Å². The summed E-state index contributed by atoms with van der Waals surface area (Å²) in [6, 6.07) is 44.4. The highest BCUT2D eigenvalue weighted by atomic mass is 28.3. The second-order valence-corrected chi connectivity index (χ2v) is 15.9. The van der Waals surface area contributed by atoms with Gasteiger partial charge in [0.05, 0.1) is 14.1 Å². The van der Waals surface area contributed by atoms with Gasteiger partial charge in [0.1, 0.15) is 0 Å². The maximum atomic E-state index is 13.1. The molecule has 0 aliphatic rings. The van der Waals surface area contributed by atoms with Gasteiger partial charge in [-0.05, 0) is 43.0 Å². The van der Waals surface area contributed by atoms with Crippen LogP contribution in [0, 0.1) is 6.92 Å². The minimum absolute atomic E-state index is 0.0118. The van der Waals surface area contributed by atoms with Gasteiger partial charge in [-0.1, -0.05) is 151 Å². The summed E-state index contributed by atoms with van der Waals surface area (Å²) in [7, 11) is -1.58. The van der Waals surface area contributed by atoms with E-state index >= 15 is 0 Å². The van der Waals surface area contributed by atoms with Crippen LogP contribution >= 0.6 is 0 Å². The Morgan fingerprint density at radius 1 is 0.684 bits per heavy atom. The zero-order valence-electron chi connectivity index (χ0n) is 22.9. The van der Waals surface area contributed by atoms with Gasteiger partial charge in [0.2, 0.25) is 5.91 Å². The second kappa shape index (κ2) is 13.9. The van der Waals surface area contributed by atoms with E-state index in [-0.39, 0.29) is 11.9 Å². The molecule has 0 aromatic heterocycles. The zero-order valence-corrected chi connectivity index (χ0v) is 23.9. The second-order valence-electron chi connectivity index (χ2n) is 11.1. The minimum Gasteiger partial charge on any atom is -0.349 e. The molecule has 0 fully saturated rings. The van der Waals surface area contributed by atoms with Gasteiger partial charge >= 0.3 is 0 Å². The average Bonchev–Trinajstić information content (AvgIpc) is 2.93. The fourth-order valence-electron chi connectivity index (χ4n) is 5.42. The number of hydrogen-bond acceptors (Lipinski definition) is 1. The summed E-state index contributed by atoms with van der Waals surface area (Å²) in [6.45, 7) is 4.65. The summed E-state index contributed by atoms with van der Waals surface area (Å²) < 4.78 is 0. The first-order chi connectivity index (χ1) is 18.5. The van der Waals surface area contributed by atoms with Gasteiger partial charge in [-0.2, -0.15) is 0 Å². The summed E-state index contributed by atoms with van der Waals surface area (Å²) in [5, 5.41) is 3.35. The molecule has 1 atom stereocenters. The van der Waals surface area contributed by atoms with Gasteiger partial charge < -0.3 is 5.32 Å². The molecule has 38 heavy (non-hydrogen) atoms. The van der Waals surface area contributed by atoms with E-state index in [4.69, 9.17) is 0 Å². The number of carbonyl (C=O) groups excluding carboxylic acids is 1. The minimum atomic E-state index is -1.58. The standard InChI is InChI=1S/C35H41NOSi/c1-29-21-23-30(24-22-29)26-34(33-18-10-5-11-19-33)36-35(37)20-12-13-25-38(2,27-31-14-6-3-7-15-31)28-32-16-8-4-9-17-32/h3-11,14-19,21-24,34H,12-13,20,25-28H2,1-2H3,(H,36,37). The first kappa shape index (κ1) is 27.6. The van der Waals surface area contributed by atoms with Crippen LogP contribution in [-0.4, -0.2) is 14.0 Å². The van der Waals surface area contributed by atoms with Crippen LogP contribution in [0.25, 0.3) is 0 Å². The highest BCUT2D eigenvalue weighted by molar-refractivity contribution is 6.77. The molecule has 0 heterocycles. The number of nitrogens with one attached hydrogen (secondary N) is 1. The van der Waals surface area contributed by atoms with Crippen molar-refractivity contribution in [3.8, 4) is 0 Å². The van der Waals surface area contributed by atoms with Crippen LogP contribution in [0.2, 0.25) is 12.6 Å². The molecule has 0 bridgehead atoms. The predicted molar refractivity (Wildman–Crippen MR) is 163 cm³/mol. The zero-order chi connectivity index (χ0) is 26.6. The number of rotatable bonds is 13. The summed E-state index contributed by atoms with van der Waals surface area (Å²) >= 11 is 0. The van der Waals surface area contributed by atoms with E-state index in [2.05, 4.69) is 128 Å². The highest BCUT2D eigenvalue weighted by Gasteiger charge is 2.27. The third-order valence-electron chi connectivity index (χ3n) is 7.48. The van der Waals surface area contributed by atoms with Gasteiger partial charge in [-0.15, -0.1) is 0 Å². The van der Waals surface area contributed by atoms with Crippen LogP contribution in [0.5, 0.6) is 0 Å². The van der Waals surface area contributed by atoms with Crippen LogP contribution < -0.4 is 5.32 Å². The van der Waals surface area contributed by atoms with Crippen LogP contribution in [0.4, 0.5) is 0 Å². The molecule has 0 radical (unpaired) electrons. The highest BCUT2D eigenvalue weighted by Crippen LogP contribution is 2.25. The summed E-state index contributed by atoms with van der Waals surface area (Å²) in [5.41, 5.74) is 6.54. The Kier molecular flexibility index (Phi) is 10.1. The fourth-order valence-corrected chi connectivity index (χ4v) is 9.44. The lowest BCUT2D eigenvalue weighted by molar-refractivity contribution is -0.121. The van der Waals surface area contributed by atoms with Crippen molar-refractivity contribution in [1.82, 2.24) is 5.32 Å². The number of carbonyl (C=O) groups is 1. The Balaban J connectivity index is 1.34. The first-order valence-electron chi connectivity index (χ1n) is 14.0. The summed E-state index contributed by atoms with van der Waals surface area (Å²) in [5.74, 6) is 0.153. The van der Waals surface area contributed by atoms with Gasteiger partial charge in [0, 0.05) is 6.42 Å². The maximum absolute atomic E-state index is 13.1. The number of benzene rings is 4. The van der Waals surface area contributed by atoms with Crippen molar-refractivity contribution in [2.45, 2.75) is 63.3 Å². The number of aryl methyl sites for hydroxylation is 1. The van der Waals surface area contributed by atoms with E-state index in [9.17, 15) is 4.79 Å². The molecule has 4 aromatic rings. The quantitative estimate of drug-likeness (QED) is 0.140. The molecule has 4 rings (SSSR count). The molecule has 2 nitrogen and oxygen atoms in total. The molecule has 0 saturated carbocycles. The van der Waals surface area contributed by atoms with Crippen molar-refractivity contribution < 1.29 is 4.79 Å². The van der Waals surface area contributed by atoms with Crippen molar-refractivity contribution in [3.05, 3.63) is 143 Å². The summed E-state index contributed by atoms with van der Waals surface area (Å²) in [6.07, 6.45) is 3.42. The van der Waals surface area contributed by atoms with Crippen LogP contribution in [-0.2, 0) is 23.3 Å². The molecule has 0 aliphatic carbocycles. The first-order valence-corrected chi connectivity index (χ1v) is 17.1. The van der Waals surface area contributed by atoms with E-state index in [0.717, 1.165) is 24.8 Å². The Morgan fingerprint density at radius 2 is 1.21 bits per heavy atom. The van der Waals surface area contributed by atoms with Gasteiger partial charge in [0.15, 0.2) is 0 Å². The molecular weight excluding hydrogens is 478 g/mol. The third kappa shape index (κ3) is 8.85. The van der Waals surface area contributed by atoms with E-state index < -0.39 is 8.07 Å². The molecule has 1 N–H and O–H groups in total. The van der Waals surface area contributed by atoms with Crippen LogP contribution in [0.3, 0.4) is 0 Å². The normalized spacial score (nSPS) is 12.2. The topological polar surface area (TPSA) is 29.1 Å². The number of amides is 1. The molecule has 3 heteroatoms. The number of hydrogen-bond donors (Lipinski definition) is 1. The third-order valence-corrected chi connectivity index (χ3v) is 11.6. The lowest BCUT2D eigenvalue weighted by Crippen LogP contribution is -2.37. The van der Waals surface area contributed by atoms with Gasteiger partial charge in [-0.25, -0.2) is 0 Å². The lowest BCUT2D eigenvalue weighted by Gasteiger charge is -2.28. The monoisotopic (exact) mass is 519 g/mol. The van der Waals surface area contributed by atoms with Crippen molar-refractivity contribution in [2.24, 2.45) is 0 Å². The number of unbranched alkanes of at least 4 members (excludes halogenated alkanes) is 1. The molecule has 1 amide bonds. The van der Waals surface area contributed by atoms with Gasteiger partial charge in [-0.3, -0.25) is 4.79 Å². The van der Waals surface area contributed by atoms with Crippen molar-refractivity contribution in [2.75, 3.05) is 0 Å². The molecule has 196 valence electrons. The van der Waals surface area contributed by atoms with Crippen LogP contribution in [0.15, 0.2) is 115 Å². The maximum Gasteiger partial charge on any atom is 0.220 e. The Morgan fingerprint density at radius 3 is 1.76 bits per heavy atom. The lowest BCUT2D eigenvalue weighted by atomic mass is 9.98. The SMILES string of the molecule is Cc1ccc(CC(NC(=O)CCCC[Si](C)(Cc2ccccc2)Cc2ccccc2)c2ccccc2)cc1. The fraction of sp³-hybridized carbons (Fsp3) is 0.286. The molecule has 4 aromatic carbocycles. The molecular formula is C35H41NOSi. The van der Waals surface area contributed by atoms with E-state index in [0.29, 0.717) is 6.42 Å². The summed E-state index contributed by atoms with van der Waals surface area (Å²) in [4.78, 5) is 13.1. The molecule has 0 aliphatic heterocycles. The Labute approximate surface area is 230 Å². The smallest absolute Gasteiger partial charge is 0.220 e. The van der Waals surface area contributed by atoms with Gasteiger partial charge in [0.25, 0.3) is 0 Å². The average molecular weight is 520 g/mol. The Hall–Kier alpha value is -3.43. The van der Waals surface area contributed by atoms with Crippen molar-refractivity contribution in [1.29, 1.82) is 0 Å². The molecule has 0 saturated heterocycles.